The highest BCUT2D eigenvalue weighted by molar-refractivity contribution is 7.15. The van der Waals surface area contributed by atoms with E-state index in [1.165, 1.54) is 4.88 Å². The first-order valence-corrected chi connectivity index (χ1v) is 6.98. The van der Waals surface area contributed by atoms with Crippen LogP contribution in [0.3, 0.4) is 0 Å². The molecule has 0 aliphatic carbocycles. The van der Waals surface area contributed by atoms with Crippen molar-refractivity contribution in [2.45, 2.75) is 19.9 Å². The second kappa shape index (κ2) is 5.24. The van der Waals surface area contributed by atoms with E-state index in [4.69, 9.17) is 0 Å². The lowest BCUT2D eigenvalue weighted by atomic mass is 10.2. The summed E-state index contributed by atoms with van der Waals surface area (Å²) in [6.07, 6.45) is 0. The molecule has 6 heteroatoms. The molecular formula is C12H20N4OS. The summed E-state index contributed by atoms with van der Waals surface area (Å²) < 4.78 is 0. The van der Waals surface area contributed by atoms with Crippen LogP contribution in [-0.2, 0) is 4.79 Å². The largest absolute Gasteiger partial charge is 0.342 e. The number of carbonyl (C=O) groups excluding carboxylic acids is 1. The maximum atomic E-state index is 11.7. The molecule has 1 aromatic heterocycles. The van der Waals surface area contributed by atoms with Gasteiger partial charge in [-0.05, 0) is 20.9 Å². The summed E-state index contributed by atoms with van der Waals surface area (Å²) in [6.45, 7) is 6.23. The predicted molar refractivity (Wildman–Crippen MR) is 74.2 cm³/mol. The maximum Gasteiger partial charge on any atom is 0.241 e. The number of nitrogens with one attached hydrogen (secondary N) is 1. The standard InChI is InChI=1S/C12H20N4OS/c1-8(13-3)11-9(2)14-12(18-11)16-6-5-15(4)10(17)7-16/h8,13H,5-7H2,1-4H3. The molecule has 0 radical (unpaired) electrons. The van der Waals surface area contributed by atoms with Gasteiger partial charge in [-0.1, -0.05) is 11.3 Å². The van der Waals surface area contributed by atoms with Gasteiger partial charge >= 0.3 is 0 Å². The van der Waals surface area contributed by atoms with Gasteiger partial charge < -0.3 is 15.1 Å². The molecule has 0 saturated carbocycles. The number of anilines is 1. The van der Waals surface area contributed by atoms with Crippen molar-refractivity contribution in [2.24, 2.45) is 0 Å². The fourth-order valence-electron chi connectivity index (χ4n) is 1.98. The molecule has 0 bridgehead atoms. The Morgan fingerprint density at radius 1 is 1.44 bits per heavy atom. The van der Waals surface area contributed by atoms with Gasteiger partial charge in [0.15, 0.2) is 5.13 Å². The van der Waals surface area contributed by atoms with Crippen LogP contribution in [0.4, 0.5) is 5.13 Å². The Labute approximate surface area is 112 Å². The van der Waals surface area contributed by atoms with Crippen molar-refractivity contribution in [1.82, 2.24) is 15.2 Å². The first kappa shape index (κ1) is 13.3. The number of hydrogen-bond acceptors (Lipinski definition) is 5. The molecule has 18 heavy (non-hydrogen) atoms. The molecule has 1 amide bonds. The number of nitrogens with zero attached hydrogens (tertiary/aromatic N) is 3. The van der Waals surface area contributed by atoms with Crippen molar-refractivity contribution in [3.05, 3.63) is 10.6 Å². The van der Waals surface area contributed by atoms with Crippen LogP contribution in [0.15, 0.2) is 0 Å². The Balaban J connectivity index is 2.17. The van der Waals surface area contributed by atoms with E-state index in [1.807, 2.05) is 21.0 Å². The first-order valence-electron chi connectivity index (χ1n) is 6.16. The summed E-state index contributed by atoms with van der Waals surface area (Å²) in [6, 6.07) is 0.305. The van der Waals surface area contributed by atoms with Crippen molar-refractivity contribution in [2.75, 3.05) is 38.6 Å². The van der Waals surface area contributed by atoms with Crippen LogP contribution in [0, 0.1) is 6.92 Å². The molecule has 1 fully saturated rings. The van der Waals surface area contributed by atoms with Crippen LogP contribution >= 0.6 is 11.3 Å². The number of aryl methyl sites for hydroxylation is 1. The zero-order valence-electron chi connectivity index (χ0n) is 11.4. The minimum absolute atomic E-state index is 0.164. The van der Waals surface area contributed by atoms with Crippen LogP contribution in [0.25, 0.3) is 0 Å². The van der Waals surface area contributed by atoms with Crippen molar-refractivity contribution >= 4 is 22.4 Å². The topological polar surface area (TPSA) is 48.5 Å². The molecule has 1 saturated heterocycles. The Hall–Kier alpha value is -1.14. The third-order valence-corrected chi connectivity index (χ3v) is 4.78. The molecule has 1 aliphatic rings. The Kier molecular flexibility index (Phi) is 3.87. The van der Waals surface area contributed by atoms with Gasteiger partial charge in [0.1, 0.15) is 0 Å². The smallest absolute Gasteiger partial charge is 0.241 e. The van der Waals surface area contributed by atoms with E-state index in [1.54, 1.807) is 16.2 Å². The van der Waals surface area contributed by atoms with E-state index >= 15 is 0 Å². The van der Waals surface area contributed by atoms with Crippen molar-refractivity contribution in [3.63, 3.8) is 0 Å². The lowest BCUT2D eigenvalue weighted by Gasteiger charge is -2.31. The summed E-state index contributed by atoms with van der Waals surface area (Å²) in [5.74, 6) is 0.164. The summed E-state index contributed by atoms with van der Waals surface area (Å²) in [7, 11) is 3.80. The van der Waals surface area contributed by atoms with Gasteiger partial charge in [0.05, 0.1) is 12.2 Å². The summed E-state index contributed by atoms with van der Waals surface area (Å²) >= 11 is 1.68. The van der Waals surface area contributed by atoms with Gasteiger partial charge in [-0.2, -0.15) is 0 Å². The fourth-order valence-corrected chi connectivity index (χ4v) is 3.14. The molecule has 2 heterocycles. The maximum absolute atomic E-state index is 11.7. The molecule has 1 aliphatic heterocycles. The van der Waals surface area contributed by atoms with Gasteiger partial charge in [-0.3, -0.25) is 4.79 Å². The number of aromatic nitrogens is 1. The number of thiazole rings is 1. The van der Waals surface area contributed by atoms with E-state index in [0.29, 0.717) is 12.6 Å². The highest BCUT2D eigenvalue weighted by Crippen LogP contribution is 2.30. The number of likely N-dealkylation sites (N-methyl/N-ethyl adjacent to an activating group) is 1. The monoisotopic (exact) mass is 268 g/mol. The highest BCUT2D eigenvalue weighted by Gasteiger charge is 2.24. The molecule has 1 N–H and O–H groups in total. The molecular weight excluding hydrogens is 248 g/mol. The average molecular weight is 268 g/mol. The zero-order chi connectivity index (χ0) is 13.3. The molecule has 1 unspecified atom stereocenters. The Bertz CT molecular complexity index is 445. The minimum Gasteiger partial charge on any atom is -0.342 e. The van der Waals surface area contributed by atoms with Crippen molar-refractivity contribution in [1.29, 1.82) is 0 Å². The van der Waals surface area contributed by atoms with Crippen molar-refractivity contribution < 1.29 is 4.79 Å². The molecule has 1 atom stereocenters. The first-order chi connectivity index (χ1) is 8.52. The van der Waals surface area contributed by atoms with E-state index in [0.717, 1.165) is 23.9 Å². The quantitative estimate of drug-likeness (QED) is 0.889. The number of carbonyl (C=O) groups is 1. The minimum atomic E-state index is 0.164. The Morgan fingerprint density at radius 2 is 2.17 bits per heavy atom. The lowest BCUT2D eigenvalue weighted by molar-refractivity contribution is -0.129. The second-order valence-corrected chi connectivity index (χ2v) is 5.70. The third-order valence-electron chi connectivity index (χ3n) is 3.38. The van der Waals surface area contributed by atoms with Gasteiger partial charge in [0, 0.05) is 31.1 Å². The molecule has 1 aromatic rings. The average Bonchev–Trinajstić information content (AvgIpc) is 2.74. The third kappa shape index (κ3) is 2.49. The van der Waals surface area contributed by atoms with Crippen LogP contribution in [0.2, 0.25) is 0 Å². The van der Waals surface area contributed by atoms with E-state index in [2.05, 4.69) is 22.1 Å². The molecule has 5 nitrogen and oxygen atoms in total. The van der Waals surface area contributed by atoms with Gasteiger partial charge in [-0.15, -0.1) is 0 Å². The second-order valence-electron chi connectivity index (χ2n) is 4.69. The van der Waals surface area contributed by atoms with Crippen LogP contribution in [0.5, 0.6) is 0 Å². The van der Waals surface area contributed by atoms with Crippen LogP contribution < -0.4 is 10.2 Å². The number of rotatable bonds is 3. The SMILES string of the molecule is CNC(C)c1sc(N2CCN(C)C(=O)C2)nc1C. The Morgan fingerprint density at radius 3 is 2.78 bits per heavy atom. The van der Waals surface area contributed by atoms with E-state index < -0.39 is 0 Å². The number of hydrogen-bond donors (Lipinski definition) is 1. The summed E-state index contributed by atoms with van der Waals surface area (Å²) in [5.41, 5.74) is 1.06. The van der Waals surface area contributed by atoms with Crippen molar-refractivity contribution in [3.8, 4) is 0 Å². The van der Waals surface area contributed by atoms with Gasteiger partial charge in [0.2, 0.25) is 5.91 Å². The molecule has 0 spiro atoms. The van der Waals surface area contributed by atoms with Gasteiger partial charge in [0.25, 0.3) is 0 Å². The highest BCUT2D eigenvalue weighted by atomic mass is 32.1. The fraction of sp³-hybridized carbons (Fsp3) is 0.667. The molecule has 0 aromatic carbocycles. The van der Waals surface area contributed by atoms with Crippen LogP contribution in [0.1, 0.15) is 23.5 Å². The lowest BCUT2D eigenvalue weighted by Crippen LogP contribution is -2.48. The zero-order valence-corrected chi connectivity index (χ0v) is 12.2. The number of piperazine rings is 1. The normalized spacial score (nSPS) is 18.3. The summed E-state index contributed by atoms with van der Waals surface area (Å²) in [4.78, 5) is 21.4. The van der Waals surface area contributed by atoms with Crippen LogP contribution in [-0.4, -0.2) is 49.5 Å². The molecule has 2 rings (SSSR count). The van der Waals surface area contributed by atoms with Gasteiger partial charge in [-0.25, -0.2) is 4.98 Å². The van der Waals surface area contributed by atoms with E-state index in [-0.39, 0.29) is 5.91 Å². The molecule has 100 valence electrons. The van der Waals surface area contributed by atoms with E-state index in [9.17, 15) is 4.79 Å². The predicted octanol–water partition coefficient (Wildman–Crippen LogP) is 1.01. The number of amides is 1. The summed E-state index contributed by atoms with van der Waals surface area (Å²) in [5, 5.41) is 4.19.